The highest BCUT2D eigenvalue weighted by atomic mass is 16.5. The van der Waals surface area contributed by atoms with Crippen molar-refractivity contribution in [1.29, 1.82) is 0 Å². The van der Waals surface area contributed by atoms with E-state index in [-0.39, 0.29) is 5.54 Å². The molecule has 0 aliphatic rings. The van der Waals surface area contributed by atoms with Crippen LogP contribution in [0.25, 0.3) is 0 Å². The van der Waals surface area contributed by atoms with Gasteiger partial charge in [-0.05, 0) is 33.7 Å². The van der Waals surface area contributed by atoms with Crippen molar-refractivity contribution in [1.82, 2.24) is 15.5 Å². The number of aryl methyl sites for hydroxylation is 1. The fourth-order valence-electron chi connectivity index (χ4n) is 1.38. The maximum Gasteiger partial charge on any atom is 0.218 e. The van der Waals surface area contributed by atoms with Crippen LogP contribution in [0.1, 0.15) is 39.0 Å². The lowest BCUT2D eigenvalue weighted by atomic mass is 10.1. The van der Waals surface area contributed by atoms with E-state index in [4.69, 9.17) is 9.15 Å². The third-order valence-electron chi connectivity index (χ3n) is 2.25. The molecule has 0 bridgehead atoms. The highest BCUT2D eigenvalue weighted by Gasteiger charge is 2.09. The molecule has 0 aliphatic carbocycles. The Balaban J connectivity index is 2.21. The van der Waals surface area contributed by atoms with Gasteiger partial charge in [-0.1, -0.05) is 0 Å². The quantitative estimate of drug-likeness (QED) is 0.734. The van der Waals surface area contributed by atoms with E-state index in [0.29, 0.717) is 24.8 Å². The highest BCUT2D eigenvalue weighted by molar-refractivity contribution is 4.82. The van der Waals surface area contributed by atoms with Crippen LogP contribution >= 0.6 is 0 Å². The maximum absolute atomic E-state index is 5.49. The number of aromatic nitrogens is 2. The van der Waals surface area contributed by atoms with Crippen LogP contribution in [0.3, 0.4) is 0 Å². The summed E-state index contributed by atoms with van der Waals surface area (Å²) >= 11 is 0. The summed E-state index contributed by atoms with van der Waals surface area (Å²) in [5.74, 6) is 1.37. The molecule has 1 aromatic heterocycles. The molecule has 0 saturated heterocycles. The summed E-state index contributed by atoms with van der Waals surface area (Å²) < 4.78 is 10.4. The number of hydrogen-bond donors (Lipinski definition) is 1. The molecule has 0 saturated carbocycles. The summed E-state index contributed by atoms with van der Waals surface area (Å²) in [6, 6.07) is 0. The van der Waals surface area contributed by atoms with E-state index in [9.17, 15) is 0 Å². The Bertz CT molecular complexity index is 318. The van der Waals surface area contributed by atoms with Gasteiger partial charge in [-0.15, -0.1) is 10.2 Å². The lowest BCUT2D eigenvalue weighted by Gasteiger charge is -2.19. The van der Waals surface area contributed by atoms with Gasteiger partial charge in [-0.3, -0.25) is 0 Å². The first-order valence-electron chi connectivity index (χ1n) is 6.06. The molecule has 0 fully saturated rings. The second-order valence-corrected chi connectivity index (χ2v) is 5.11. The molecule has 0 aromatic carbocycles. The van der Waals surface area contributed by atoms with Gasteiger partial charge in [0, 0.05) is 25.5 Å². The van der Waals surface area contributed by atoms with Gasteiger partial charge in [-0.2, -0.15) is 0 Å². The SMILES string of the molecule is COCCc1nnc(CCCNC(C)(C)C)o1. The number of nitrogens with zero attached hydrogens (tertiary/aromatic N) is 2. The lowest BCUT2D eigenvalue weighted by molar-refractivity contribution is 0.194. The van der Waals surface area contributed by atoms with Crippen molar-refractivity contribution < 1.29 is 9.15 Å². The smallest absolute Gasteiger partial charge is 0.218 e. The zero-order chi connectivity index (χ0) is 12.7. The van der Waals surface area contributed by atoms with Crippen LogP contribution < -0.4 is 5.32 Å². The summed E-state index contributed by atoms with van der Waals surface area (Å²) in [7, 11) is 1.66. The van der Waals surface area contributed by atoms with Crippen LogP contribution in [-0.4, -0.2) is 36.0 Å². The Hall–Kier alpha value is -0.940. The summed E-state index contributed by atoms with van der Waals surface area (Å²) in [5.41, 5.74) is 0.165. The standard InChI is InChI=1S/C12H23N3O2/c1-12(2,3)13-8-5-6-10-14-15-11(17-10)7-9-16-4/h13H,5-9H2,1-4H3. The predicted molar refractivity (Wildman–Crippen MR) is 66.0 cm³/mol. The number of ether oxygens (including phenoxy) is 1. The van der Waals surface area contributed by atoms with E-state index < -0.39 is 0 Å². The Morgan fingerprint density at radius 2 is 1.82 bits per heavy atom. The lowest BCUT2D eigenvalue weighted by Crippen LogP contribution is -2.36. The van der Waals surface area contributed by atoms with E-state index in [1.54, 1.807) is 7.11 Å². The average Bonchev–Trinajstić information content (AvgIpc) is 2.68. The number of hydrogen-bond acceptors (Lipinski definition) is 5. The zero-order valence-corrected chi connectivity index (χ0v) is 11.2. The van der Waals surface area contributed by atoms with Crippen molar-refractivity contribution in [3.05, 3.63) is 11.8 Å². The maximum atomic E-state index is 5.49. The van der Waals surface area contributed by atoms with Gasteiger partial charge < -0.3 is 14.5 Å². The van der Waals surface area contributed by atoms with E-state index in [0.717, 1.165) is 19.4 Å². The van der Waals surface area contributed by atoms with E-state index in [2.05, 4.69) is 36.3 Å². The minimum Gasteiger partial charge on any atom is -0.425 e. The number of rotatable bonds is 7. The van der Waals surface area contributed by atoms with Gasteiger partial charge in [0.15, 0.2) is 0 Å². The van der Waals surface area contributed by atoms with E-state index in [1.165, 1.54) is 0 Å². The van der Waals surface area contributed by atoms with Crippen molar-refractivity contribution in [2.75, 3.05) is 20.3 Å². The first-order valence-corrected chi connectivity index (χ1v) is 6.06. The second-order valence-electron chi connectivity index (χ2n) is 5.11. The van der Waals surface area contributed by atoms with Gasteiger partial charge in [0.25, 0.3) is 0 Å². The third kappa shape index (κ3) is 6.38. The molecule has 17 heavy (non-hydrogen) atoms. The number of methoxy groups -OCH3 is 1. The predicted octanol–water partition coefficient (Wildman–Crippen LogP) is 1.58. The van der Waals surface area contributed by atoms with Crippen LogP contribution in [0.15, 0.2) is 4.42 Å². The topological polar surface area (TPSA) is 60.2 Å². The summed E-state index contributed by atoms with van der Waals surface area (Å²) in [6.45, 7) is 8.04. The van der Waals surface area contributed by atoms with Crippen molar-refractivity contribution in [2.24, 2.45) is 0 Å². The molecular weight excluding hydrogens is 218 g/mol. The van der Waals surface area contributed by atoms with Crippen LogP contribution in [-0.2, 0) is 17.6 Å². The molecule has 1 rings (SSSR count). The first-order chi connectivity index (χ1) is 8.01. The third-order valence-corrected chi connectivity index (χ3v) is 2.25. The fraction of sp³-hybridized carbons (Fsp3) is 0.833. The average molecular weight is 241 g/mol. The molecular formula is C12H23N3O2. The summed E-state index contributed by atoms with van der Waals surface area (Å²) in [6.07, 6.45) is 2.51. The second kappa shape index (κ2) is 6.71. The minimum atomic E-state index is 0.165. The Kier molecular flexibility index (Phi) is 5.58. The molecule has 1 N–H and O–H groups in total. The molecule has 5 heteroatoms. The molecule has 0 unspecified atom stereocenters. The van der Waals surface area contributed by atoms with Crippen molar-refractivity contribution in [3.8, 4) is 0 Å². The Morgan fingerprint density at radius 1 is 1.18 bits per heavy atom. The molecule has 0 aliphatic heterocycles. The first kappa shape index (κ1) is 14.1. The molecule has 5 nitrogen and oxygen atoms in total. The molecule has 0 spiro atoms. The summed E-state index contributed by atoms with van der Waals surface area (Å²) in [4.78, 5) is 0. The highest BCUT2D eigenvalue weighted by Crippen LogP contribution is 2.04. The van der Waals surface area contributed by atoms with Gasteiger partial charge >= 0.3 is 0 Å². The summed E-state index contributed by atoms with van der Waals surface area (Å²) in [5, 5.41) is 11.4. The molecule has 1 aromatic rings. The van der Waals surface area contributed by atoms with Crippen LogP contribution in [0.4, 0.5) is 0 Å². The molecule has 1 heterocycles. The van der Waals surface area contributed by atoms with Crippen LogP contribution in [0.5, 0.6) is 0 Å². The zero-order valence-electron chi connectivity index (χ0n) is 11.2. The minimum absolute atomic E-state index is 0.165. The Labute approximate surface area is 103 Å². The van der Waals surface area contributed by atoms with E-state index in [1.807, 2.05) is 0 Å². The van der Waals surface area contributed by atoms with Crippen LogP contribution in [0.2, 0.25) is 0 Å². The van der Waals surface area contributed by atoms with Crippen molar-refractivity contribution >= 4 is 0 Å². The largest absolute Gasteiger partial charge is 0.425 e. The number of nitrogens with one attached hydrogen (secondary N) is 1. The monoisotopic (exact) mass is 241 g/mol. The van der Waals surface area contributed by atoms with Gasteiger partial charge in [0.1, 0.15) is 0 Å². The molecule has 0 amide bonds. The van der Waals surface area contributed by atoms with Crippen molar-refractivity contribution in [2.45, 2.75) is 45.6 Å². The molecule has 98 valence electrons. The van der Waals surface area contributed by atoms with Gasteiger partial charge in [0.2, 0.25) is 11.8 Å². The van der Waals surface area contributed by atoms with Gasteiger partial charge in [0.05, 0.1) is 6.61 Å². The van der Waals surface area contributed by atoms with Gasteiger partial charge in [-0.25, -0.2) is 0 Å². The molecule has 0 atom stereocenters. The Morgan fingerprint density at radius 3 is 2.41 bits per heavy atom. The normalized spacial score (nSPS) is 12.0. The van der Waals surface area contributed by atoms with Crippen LogP contribution in [0, 0.1) is 0 Å². The van der Waals surface area contributed by atoms with Crippen molar-refractivity contribution in [3.63, 3.8) is 0 Å². The fourth-order valence-corrected chi connectivity index (χ4v) is 1.38. The van der Waals surface area contributed by atoms with E-state index >= 15 is 0 Å². The molecule has 0 radical (unpaired) electrons.